The molecule has 7 heteroatoms. The van der Waals surface area contributed by atoms with Crippen LogP contribution in [0.3, 0.4) is 0 Å². The fourth-order valence-corrected chi connectivity index (χ4v) is 4.20. The number of hydrogen-bond donors (Lipinski definition) is 1. The molecule has 2 fully saturated rings. The zero-order valence-electron chi connectivity index (χ0n) is 15.3. The fraction of sp³-hybridized carbons (Fsp3) is 0.579. The van der Waals surface area contributed by atoms with Crippen molar-refractivity contribution in [3.63, 3.8) is 0 Å². The Hall–Kier alpha value is -2.62. The van der Waals surface area contributed by atoms with Gasteiger partial charge in [-0.15, -0.1) is 0 Å². The average Bonchev–Trinajstić information content (AvgIpc) is 2.64. The molecule has 0 aliphatic carbocycles. The average molecular weight is 356 g/mol. The van der Waals surface area contributed by atoms with Gasteiger partial charge in [-0.25, -0.2) is 0 Å². The van der Waals surface area contributed by atoms with Gasteiger partial charge in [-0.2, -0.15) is 5.26 Å². The van der Waals surface area contributed by atoms with Gasteiger partial charge in [0.25, 0.3) is 11.5 Å². The van der Waals surface area contributed by atoms with E-state index in [1.54, 1.807) is 6.92 Å². The number of aryl methyl sites for hydroxylation is 1. The Balaban J connectivity index is 1.84. The predicted molar refractivity (Wildman–Crippen MR) is 95.6 cm³/mol. The number of piperidine rings is 2. The van der Waals surface area contributed by atoms with E-state index in [4.69, 9.17) is 5.26 Å². The van der Waals surface area contributed by atoms with Gasteiger partial charge in [-0.1, -0.05) is 0 Å². The summed E-state index contributed by atoms with van der Waals surface area (Å²) < 4.78 is 0. The second-order valence-corrected chi connectivity index (χ2v) is 7.40. The molecule has 138 valence electrons. The minimum atomic E-state index is -0.471. The molecule has 0 saturated carbocycles. The normalized spacial score (nSPS) is 23.2. The highest BCUT2D eigenvalue weighted by Crippen LogP contribution is 2.39. The molecule has 1 atom stereocenters. The summed E-state index contributed by atoms with van der Waals surface area (Å²) in [6.07, 6.45) is 3.24. The molecule has 1 aromatic rings. The number of nitrogens with zero attached hydrogens (tertiary/aromatic N) is 3. The van der Waals surface area contributed by atoms with Crippen LogP contribution in [0.25, 0.3) is 0 Å². The molecule has 7 nitrogen and oxygen atoms in total. The first-order valence-corrected chi connectivity index (χ1v) is 9.10. The highest BCUT2D eigenvalue weighted by molar-refractivity contribution is 5.95. The monoisotopic (exact) mass is 356 g/mol. The lowest BCUT2D eigenvalue weighted by molar-refractivity contribution is -0.138. The van der Waals surface area contributed by atoms with Crippen LogP contribution in [0.15, 0.2) is 10.9 Å². The van der Waals surface area contributed by atoms with Crippen molar-refractivity contribution in [1.29, 1.82) is 5.26 Å². The first kappa shape index (κ1) is 18.2. The highest BCUT2D eigenvalue weighted by Gasteiger charge is 2.42. The largest absolute Gasteiger partial charge is 0.342 e. The Morgan fingerprint density at radius 1 is 1.35 bits per heavy atom. The Morgan fingerprint density at radius 3 is 2.81 bits per heavy atom. The Kier molecular flexibility index (Phi) is 4.86. The first-order chi connectivity index (χ1) is 12.4. The summed E-state index contributed by atoms with van der Waals surface area (Å²) in [5.74, 6) is 0.0333. The maximum Gasteiger partial charge on any atom is 0.266 e. The smallest absolute Gasteiger partial charge is 0.266 e. The van der Waals surface area contributed by atoms with Gasteiger partial charge < -0.3 is 14.8 Å². The molecule has 26 heavy (non-hydrogen) atoms. The number of hydrogen-bond acceptors (Lipinski definition) is 4. The summed E-state index contributed by atoms with van der Waals surface area (Å²) >= 11 is 0. The molecule has 2 aliphatic rings. The number of aromatic nitrogens is 1. The van der Waals surface area contributed by atoms with Gasteiger partial charge in [0.1, 0.15) is 11.6 Å². The first-order valence-electron chi connectivity index (χ1n) is 9.10. The maximum absolute atomic E-state index is 13.1. The van der Waals surface area contributed by atoms with Gasteiger partial charge in [0.2, 0.25) is 5.91 Å². The molecule has 3 heterocycles. The third-order valence-corrected chi connectivity index (χ3v) is 5.67. The van der Waals surface area contributed by atoms with Gasteiger partial charge in [0.15, 0.2) is 0 Å². The minimum absolute atomic E-state index is 0.0496. The quantitative estimate of drug-likeness (QED) is 0.866. The number of carbonyl (C=O) groups is 2. The number of likely N-dealkylation sites (tertiary alicyclic amines) is 2. The van der Waals surface area contributed by atoms with E-state index in [0.29, 0.717) is 43.9 Å². The lowest BCUT2D eigenvalue weighted by Crippen LogP contribution is -2.55. The van der Waals surface area contributed by atoms with Crippen molar-refractivity contribution in [1.82, 2.24) is 14.8 Å². The molecule has 0 bridgehead atoms. The van der Waals surface area contributed by atoms with Crippen LogP contribution in [-0.2, 0) is 4.79 Å². The highest BCUT2D eigenvalue weighted by atomic mass is 16.2. The number of nitrogens with one attached hydrogen (secondary N) is 1. The summed E-state index contributed by atoms with van der Waals surface area (Å²) in [5.41, 5.74) is 0.281. The lowest BCUT2D eigenvalue weighted by atomic mass is 9.73. The van der Waals surface area contributed by atoms with Crippen LogP contribution < -0.4 is 5.56 Å². The van der Waals surface area contributed by atoms with Gasteiger partial charge in [0.05, 0.1) is 5.56 Å². The van der Waals surface area contributed by atoms with E-state index in [2.05, 4.69) is 4.98 Å². The van der Waals surface area contributed by atoms with Crippen LogP contribution in [0.5, 0.6) is 0 Å². The van der Waals surface area contributed by atoms with Crippen molar-refractivity contribution in [2.75, 3.05) is 26.2 Å². The number of amides is 2. The van der Waals surface area contributed by atoms with Crippen LogP contribution in [-0.4, -0.2) is 52.8 Å². The van der Waals surface area contributed by atoms with Crippen LogP contribution >= 0.6 is 0 Å². The molecule has 3 rings (SSSR count). The van der Waals surface area contributed by atoms with Crippen molar-refractivity contribution < 1.29 is 9.59 Å². The van der Waals surface area contributed by atoms with E-state index in [9.17, 15) is 14.4 Å². The third kappa shape index (κ3) is 3.24. The maximum atomic E-state index is 13.1. The number of nitriles is 1. The van der Waals surface area contributed by atoms with Crippen molar-refractivity contribution in [3.05, 3.63) is 33.2 Å². The zero-order valence-corrected chi connectivity index (χ0v) is 15.3. The molecule has 0 aromatic carbocycles. The molecular formula is C19H24N4O3. The summed E-state index contributed by atoms with van der Waals surface area (Å²) in [4.78, 5) is 43.1. The second-order valence-electron chi connectivity index (χ2n) is 7.40. The molecule has 0 unspecified atom stereocenters. The van der Waals surface area contributed by atoms with Gasteiger partial charge >= 0.3 is 0 Å². The molecule has 1 N–H and O–H groups in total. The number of rotatable bonds is 2. The second kappa shape index (κ2) is 6.94. The summed E-state index contributed by atoms with van der Waals surface area (Å²) in [7, 11) is 0. The van der Waals surface area contributed by atoms with Gasteiger partial charge in [-0.3, -0.25) is 14.4 Å². The Bertz CT molecular complexity index is 838. The van der Waals surface area contributed by atoms with E-state index in [1.807, 2.05) is 22.8 Å². The third-order valence-electron chi connectivity index (χ3n) is 5.67. The minimum Gasteiger partial charge on any atom is -0.342 e. The summed E-state index contributed by atoms with van der Waals surface area (Å²) in [5, 5.41) is 9.07. The number of H-pyrrole nitrogens is 1. The van der Waals surface area contributed by atoms with Gasteiger partial charge in [0, 0.05) is 43.7 Å². The van der Waals surface area contributed by atoms with Crippen LogP contribution in [0, 0.1) is 23.7 Å². The molecule has 0 radical (unpaired) electrons. The fourth-order valence-electron chi connectivity index (χ4n) is 4.20. The SMILES string of the molecule is CCN1C[C@]2(CCCN(C(=O)c3cc(C#N)c(=O)[nH]c3C)C2)CCC1=O. The van der Waals surface area contributed by atoms with Gasteiger partial charge in [-0.05, 0) is 39.2 Å². The Morgan fingerprint density at radius 2 is 2.12 bits per heavy atom. The molecular weight excluding hydrogens is 332 g/mol. The van der Waals surface area contributed by atoms with Crippen molar-refractivity contribution in [3.8, 4) is 6.07 Å². The lowest BCUT2D eigenvalue weighted by Gasteiger charge is -2.48. The van der Waals surface area contributed by atoms with Crippen LogP contribution in [0.2, 0.25) is 0 Å². The van der Waals surface area contributed by atoms with E-state index in [0.717, 1.165) is 19.3 Å². The summed E-state index contributed by atoms with van der Waals surface area (Å²) in [6, 6.07) is 3.23. The van der Waals surface area contributed by atoms with Crippen molar-refractivity contribution in [2.24, 2.45) is 5.41 Å². The molecule has 1 aromatic heterocycles. The van der Waals surface area contributed by atoms with E-state index in [-0.39, 0.29) is 22.8 Å². The van der Waals surface area contributed by atoms with Crippen LogP contribution in [0.4, 0.5) is 0 Å². The predicted octanol–water partition coefficient (Wildman–Crippen LogP) is 1.42. The van der Waals surface area contributed by atoms with E-state index >= 15 is 0 Å². The Labute approximate surface area is 152 Å². The van der Waals surface area contributed by atoms with Crippen molar-refractivity contribution in [2.45, 2.75) is 39.5 Å². The van der Waals surface area contributed by atoms with Crippen molar-refractivity contribution >= 4 is 11.8 Å². The summed E-state index contributed by atoms with van der Waals surface area (Å²) in [6.45, 7) is 6.31. The number of carbonyl (C=O) groups excluding carboxylic acids is 2. The zero-order chi connectivity index (χ0) is 18.9. The molecule has 2 amide bonds. The standard InChI is InChI=1S/C19H24N4O3/c1-3-22-11-19(7-5-16(22)24)6-4-8-23(12-19)18(26)15-9-14(10-20)17(25)21-13(15)2/h9H,3-8,11-12H2,1-2H3,(H,21,25)/t19-/m0/s1. The molecule has 2 aliphatic heterocycles. The number of pyridine rings is 1. The molecule has 2 saturated heterocycles. The molecule has 1 spiro atoms. The number of aromatic amines is 1. The topological polar surface area (TPSA) is 97.3 Å². The van der Waals surface area contributed by atoms with E-state index < -0.39 is 5.56 Å². The van der Waals surface area contributed by atoms with E-state index in [1.165, 1.54) is 6.07 Å². The van der Waals surface area contributed by atoms with Crippen LogP contribution in [0.1, 0.15) is 54.2 Å².